The molecule has 9 aromatic carbocycles. The van der Waals surface area contributed by atoms with Crippen molar-refractivity contribution in [1.29, 1.82) is 0 Å². The van der Waals surface area contributed by atoms with Crippen molar-refractivity contribution in [1.82, 2.24) is 4.98 Å². The highest BCUT2D eigenvalue weighted by molar-refractivity contribution is 6.74. The van der Waals surface area contributed by atoms with Crippen LogP contribution in [-0.4, -0.2) is 12.3 Å². The highest BCUT2D eigenvalue weighted by atomic mass is 16.3. The van der Waals surface area contributed by atoms with Gasteiger partial charge >= 0.3 is 0 Å². The highest BCUT2D eigenvalue weighted by Crippen LogP contribution is 2.63. The predicted molar refractivity (Wildman–Crippen MR) is 237 cm³/mol. The van der Waals surface area contributed by atoms with Crippen molar-refractivity contribution < 1.29 is 4.42 Å². The van der Waals surface area contributed by atoms with Gasteiger partial charge in [0.2, 0.25) is 0 Å². The summed E-state index contributed by atoms with van der Waals surface area (Å²) in [6.45, 7) is 0. The van der Waals surface area contributed by atoms with Crippen molar-refractivity contribution in [2.45, 2.75) is 5.41 Å². The molecule has 2 aliphatic heterocycles. The summed E-state index contributed by atoms with van der Waals surface area (Å²) in [4.78, 5) is 6.46. The van der Waals surface area contributed by atoms with E-state index in [2.05, 4.69) is 193 Å². The molecule has 14 rings (SSSR count). The van der Waals surface area contributed by atoms with Gasteiger partial charge in [-0.3, -0.25) is 0 Å². The zero-order valence-corrected chi connectivity index (χ0v) is 30.7. The van der Waals surface area contributed by atoms with Gasteiger partial charge in [-0.2, -0.15) is 0 Å². The molecule has 4 heterocycles. The molecule has 57 heavy (non-hydrogen) atoms. The molecule has 1 radical (unpaired) electrons. The van der Waals surface area contributed by atoms with Crippen LogP contribution in [0.25, 0.3) is 76.8 Å². The first-order valence-corrected chi connectivity index (χ1v) is 19.8. The number of fused-ring (bicyclic) bond motifs is 18. The SMILES string of the molecule is [B]1c2cccc3c2N(c2ccccc2C32c3ccccc3-c3ccccc32)c2cc3oc4ccccc4c3c(-c3cccc4c3[nH]c3cc5ccccc5cc34)c21. The number of benzene rings is 9. The fourth-order valence-corrected chi connectivity index (χ4v) is 11.0. The summed E-state index contributed by atoms with van der Waals surface area (Å²) in [5.74, 6) is 0. The lowest BCUT2D eigenvalue weighted by Crippen LogP contribution is -2.47. The third-order valence-electron chi connectivity index (χ3n) is 13.2. The van der Waals surface area contributed by atoms with Crippen LogP contribution in [0.5, 0.6) is 0 Å². The van der Waals surface area contributed by atoms with Gasteiger partial charge < -0.3 is 14.3 Å². The van der Waals surface area contributed by atoms with Crippen LogP contribution in [0.15, 0.2) is 180 Å². The average Bonchev–Trinajstić information content (AvgIpc) is 3.92. The number of aromatic amines is 1. The summed E-state index contributed by atoms with van der Waals surface area (Å²) in [6, 6.07) is 64.9. The largest absolute Gasteiger partial charge is 0.456 e. The highest BCUT2D eigenvalue weighted by Gasteiger charge is 2.53. The van der Waals surface area contributed by atoms with Crippen LogP contribution >= 0.6 is 0 Å². The number of hydrogen-bond acceptors (Lipinski definition) is 2. The van der Waals surface area contributed by atoms with Gasteiger partial charge in [0.1, 0.15) is 11.2 Å². The standard InChI is InChI=1S/C53H30BN2O/c1-2-14-31-28-43-37(27-30(31)13-1)34-18-11-19-36(51(34)55-43)49-48-35-17-5-10-26-46(35)57-47(48)29-45-50(49)54-42-24-12-23-41-52(42)56(45)44-25-9-8-22-40(44)53(41)38-20-6-3-15-32(38)33-16-4-7-21-39(33)53/h1-29,55H. The Labute approximate surface area is 328 Å². The van der Waals surface area contributed by atoms with Gasteiger partial charge in [-0.1, -0.05) is 151 Å². The van der Waals surface area contributed by atoms with E-state index in [1.165, 1.54) is 82.8 Å². The van der Waals surface area contributed by atoms with Crippen molar-refractivity contribution in [3.8, 4) is 22.3 Å². The quantitative estimate of drug-likeness (QED) is 0.171. The Morgan fingerprint density at radius 1 is 0.491 bits per heavy atom. The number of anilines is 3. The minimum atomic E-state index is -0.469. The first-order chi connectivity index (χ1) is 28.3. The Kier molecular flexibility index (Phi) is 5.53. The van der Waals surface area contributed by atoms with Gasteiger partial charge in [-0.05, 0) is 79.4 Å². The van der Waals surface area contributed by atoms with E-state index in [1.54, 1.807) is 0 Å². The van der Waals surface area contributed by atoms with E-state index in [1.807, 2.05) is 0 Å². The number of aromatic nitrogens is 1. The minimum Gasteiger partial charge on any atom is -0.456 e. The Hall–Kier alpha value is -7.30. The molecule has 11 aromatic rings. The smallest absolute Gasteiger partial charge is 0.197 e. The van der Waals surface area contributed by atoms with Crippen LogP contribution in [0.1, 0.15) is 22.3 Å². The molecule has 1 N–H and O–H groups in total. The topological polar surface area (TPSA) is 32.2 Å². The van der Waals surface area contributed by atoms with Crippen molar-refractivity contribution in [3.63, 3.8) is 0 Å². The third kappa shape index (κ3) is 3.60. The number of nitrogens with one attached hydrogen (secondary N) is 1. The molecule has 4 heteroatoms. The zero-order valence-electron chi connectivity index (χ0n) is 30.7. The first kappa shape index (κ1) is 30.0. The van der Waals surface area contributed by atoms with Gasteiger partial charge in [0.05, 0.1) is 16.6 Å². The molecule has 1 spiro atoms. The maximum Gasteiger partial charge on any atom is 0.197 e. The van der Waals surface area contributed by atoms with Gasteiger partial charge in [0, 0.05) is 50.1 Å². The second-order valence-electron chi connectivity index (χ2n) is 15.8. The summed E-state index contributed by atoms with van der Waals surface area (Å²) in [7, 11) is 2.45. The second kappa shape index (κ2) is 10.5. The molecule has 261 valence electrons. The van der Waals surface area contributed by atoms with Crippen LogP contribution in [0, 0.1) is 0 Å². The van der Waals surface area contributed by atoms with Crippen molar-refractivity contribution in [3.05, 3.63) is 198 Å². The predicted octanol–water partition coefficient (Wildman–Crippen LogP) is 12.2. The lowest BCUT2D eigenvalue weighted by Gasteiger charge is -2.48. The van der Waals surface area contributed by atoms with E-state index in [0.29, 0.717) is 0 Å². The third-order valence-corrected chi connectivity index (χ3v) is 13.2. The fourth-order valence-electron chi connectivity index (χ4n) is 11.0. The van der Waals surface area contributed by atoms with E-state index in [9.17, 15) is 0 Å². The molecular formula is C53H30BN2O. The molecular weight excluding hydrogens is 691 g/mol. The van der Waals surface area contributed by atoms with Crippen molar-refractivity contribution in [2.24, 2.45) is 0 Å². The molecule has 3 nitrogen and oxygen atoms in total. The number of H-pyrrole nitrogens is 1. The van der Waals surface area contributed by atoms with Crippen molar-refractivity contribution >= 4 is 89.8 Å². The van der Waals surface area contributed by atoms with E-state index >= 15 is 0 Å². The molecule has 0 saturated heterocycles. The lowest BCUT2D eigenvalue weighted by atomic mass is 9.54. The Morgan fingerprint density at radius 2 is 1.14 bits per heavy atom. The van der Waals surface area contributed by atoms with Gasteiger partial charge in [0.15, 0.2) is 7.28 Å². The number of nitrogens with zero attached hydrogens (tertiary/aromatic N) is 1. The lowest BCUT2D eigenvalue weighted by molar-refractivity contribution is 0.669. The maximum atomic E-state index is 6.86. The average molecular weight is 722 g/mol. The van der Waals surface area contributed by atoms with Crippen molar-refractivity contribution in [2.75, 3.05) is 4.90 Å². The molecule has 0 saturated carbocycles. The van der Waals surface area contributed by atoms with Crippen LogP contribution in [0.4, 0.5) is 17.1 Å². The van der Waals surface area contributed by atoms with Crippen LogP contribution in [0.2, 0.25) is 0 Å². The van der Waals surface area contributed by atoms with E-state index in [4.69, 9.17) is 4.42 Å². The molecule has 0 amide bonds. The number of hydrogen-bond donors (Lipinski definition) is 1. The fraction of sp³-hybridized carbons (Fsp3) is 0.0189. The Bertz CT molecular complexity index is 3540. The summed E-state index contributed by atoms with van der Waals surface area (Å²) in [5.41, 5.74) is 19.7. The first-order valence-electron chi connectivity index (χ1n) is 19.8. The molecule has 0 bridgehead atoms. The van der Waals surface area contributed by atoms with Gasteiger partial charge in [-0.25, -0.2) is 0 Å². The second-order valence-corrected chi connectivity index (χ2v) is 15.8. The van der Waals surface area contributed by atoms with Crippen LogP contribution in [0.3, 0.4) is 0 Å². The van der Waals surface area contributed by atoms with E-state index in [0.717, 1.165) is 44.2 Å². The van der Waals surface area contributed by atoms with Gasteiger partial charge in [-0.15, -0.1) is 0 Å². The number of furan rings is 1. The molecule has 1 aliphatic carbocycles. The van der Waals surface area contributed by atoms with Crippen LogP contribution < -0.4 is 15.8 Å². The number of rotatable bonds is 1. The molecule has 3 aliphatic rings. The monoisotopic (exact) mass is 721 g/mol. The Balaban J connectivity index is 1.11. The molecule has 0 atom stereocenters. The van der Waals surface area contributed by atoms with E-state index < -0.39 is 5.41 Å². The number of para-hydroxylation sites is 4. The Morgan fingerprint density at radius 3 is 1.98 bits per heavy atom. The molecule has 2 aromatic heterocycles. The summed E-state index contributed by atoms with van der Waals surface area (Å²) in [5, 5.41) is 7.18. The summed E-state index contributed by atoms with van der Waals surface area (Å²) in [6.07, 6.45) is 0. The molecule has 0 unspecified atom stereocenters. The minimum absolute atomic E-state index is 0.469. The van der Waals surface area contributed by atoms with Gasteiger partial charge in [0.25, 0.3) is 0 Å². The normalized spacial score (nSPS) is 14.2. The maximum absolute atomic E-state index is 6.86. The van der Waals surface area contributed by atoms with Crippen LogP contribution in [-0.2, 0) is 5.41 Å². The summed E-state index contributed by atoms with van der Waals surface area (Å²) < 4.78 is 6.86. The summed E-state index contributed by atoms with van der Waals surface area (Å²) >= 11 is 0. The molecule has 0 fully saturated rings. The zero-order chi connectivity index (χ0) is 37.0. The van der Waals surface area contributed by atoms with E-state index in [-0.39, 0.29) is 0 Å².